The van der Waals surface area contributed by atoms with Crippen molar-refractivity contribution in [3.8, 4) is 0 Å². The molecule has 110 valence electrons. The molecule has 0 aromatic heterocycles. The summed E-state index contributed by atoms with van der Waals surface area (Å²) >= 11 is 3.38. The van der Waals surface area contributed by atoms with E-state index in [0.717, 1.165) is 21.7 Å². The van der Waals surface area contributed by atoms with E-state index >= 15 is 0 Å². The van der Waals surface area contributed by atoms with Crippen molar-refractivity contribution in [2.75, 3.05) is 0 Å². The molecule has 0 fully saturated rings. The van der Waals surface area contributed by atoms with Crippen LogP contribution in [0.2, 0.25) is 0 Å². The van der Waals surface area contributed by atoms with Crippen LogP contribution >= 0.6 is 15.9 Å². The van der Waals surface area contributed by atoms with E-state index in [4.69, 9.17) is 0 Å². The first-order valence-corrected chi connectivity index (χ1v) is 7.95. The van der Waals surface area contributed by atoms with Crippen LogP contribution in [0.1, 0.15) is 11.1 Å². The van der Waals surface area contributed by atoms with Gasteiger partial charge in [-0.15, -0.1) is 0 Å². The number of benzene rings is 4. The first-order valence-electron chi connectivity index (χ1n) is 6.82. The monoisotopic (exact) mass is 362 g/mol. The van der Waals surface area contributed by atoms with Crippen molar-refractivity contribution in [3.63, 3.8) is 0 Å². The molecule has 0 aliphatic carbocycles. The number of hydrogen-bond acceptors (Lipinski definition) is 0. The van der Waals surface area contributed by atoms with Gasteiger partial charge in [-0.3, -0.25) is 0 Å². The highest BCUT2D eigenvalue weighted by atomic mass is 79.9. The van der Waals surface area contributed by atoms with Crippen LogP contribution in [0.4, 0.5) is 13.2 Å². The molecule has 0 amide bonds. The molecule has 4 aromatic carbocycles. The summed E-state index contributed by atoms with van der Waals surface area (Å²) in [7, 11) is 0. The molecule has 0 nitrogen and oxygen atoms in total. The highest BCUT2D eigenvalue weighted by Gasteiger charge is 2.33. The first kappa shape index (κ1) is 13.8. The third kappa shape index (κ3) is 1.90. The zero-order valence-electron chi connectivity index (χ0n) is 11.3. The van der Waals surface area contributed by atoms with Gasteiger partial charge in [-0.2, -0.15) is 13.2 Å². The van der Waals surface area contributed by atoms with Crippen molar-refractivity contribution in [1.29, 1.82) is 0 Å². The topological polar surface area (TPSA) is 0 Å². The van der Waals surface area contributed by atoms with Gasteiger partial charge < -0.3 is 0 Å². The first-order chi connectivity index (χ1) is 10.5. The largest absolute Gasteiger partial charge is 0.417 e. The minimum Gasteiger partial charge on any atom is -0.166 e. The summed E-state index contributed by atoms with van der Waals surface area (Å²) < 4.78 is 40.4. The minimum atomic E-state index is -4.36. The van der Waals surface area contributed by atoms with Crippen molar-refractivity contribution in [3.05, 3.63) is 59.7 Å². The molecule has 0 heterocycles. The van der Waals surface area contributed by atoms with Gasteiger partial charge in [0.15, 0.2) is 0 Å². The van der Waals surface area contributed by atoms with Crippen LogP contribution in [0.5, 0.6) is 0 Å². The molecule has 0 aliphatic heterocycles. The summed E-state index contributed by atoms with van der Waals surface area (Å²) in [4.78, 5) is 0. The SMILES string of the molecule is FC(F)(F)c1cc2cc(CBr)cc3ccc4cccc1c4c32. The Balaban J connectivity index is 2.31. The molecule has 0 spiro atoms. The molecule has 4 rings (SSSR count). The van der Waals surface area contributed by atoms with Crippen molar-refractivity contribution < 1.29 is 13.2 Å². The fourth-order valence-corrected chi connectivity index (χ4v) is 3.55. The molecule has 0 atom stereocenters. The van der Waals surface area contributed by atoms with Crippen molar-refractivity contribution >= 4 is 48.2 Å². The highest BCUT2D eigenvalue weighted by Crippen LogP contribution is 2.42. The summed E-state index contributed by atoms with van der Waals surface area (Å²) in [6.07, 6.45) is -4.36. The number of hydrogen-bond donors (Lipinski definition) is 0. The Bertz CT molecular complexity index is 1000. The second-order valence-electron chi connectivity index (χ2n) is 5.44. The van der Waals surface area contributed by atoms with Crippen LogP contribution < -0.4 is 0 Å². The van der Waals surface area contributed by atoms with Crippen molar-refractivity contribution in [2.24, 2.45) is 0 Å². The lowest BCUT2D eigenvalue weighted by Crippen LogP contribution is -2.06. The van der Waals surface area contributed by atoms with Gasteiger partial charge in [0.2, 0.25) is 0 Å². The third-order valence-electron chi connectivity index (χ3n) is 4.10. The second kappa shape index (κ2) is 4.59. The molecule has 0 saturated heterocycles. The molecule has 0 bridgehead atoms. The number of alkyl halides is 4. The average Bonchev–Trinajstić information content (AvgIpc) is 2.50. The fourth-order valence-electron chi connectivity index (χ4n) is 3.22. The Morgan fingerprint density at radius 3 is 2.27 bits per heavy atom. The lowest BCUT2D eigenvalue weighted by atomic mass is 9.90. The minimum absolute atomic E-state index is 0.273. The molecule has 0 unspecified atom stereocenters. The molecule has 4 aromatic rings. The maximum atomic E-state index is 13.5. The summed E-state index contributed by atoms with van der Waals surface area (Å²) in [5, 5.41) is 4.96. The Hall–Kier alpha value is -1.81. The van der Waals surface area contributed by atoms with Gasteiger partial charge in [-0.05, 0) is 43.9 Å². The fraction of sp³-hybridized carbons (Fsp3) is 0.111. The van der Waals surface area contributed by atoms with Gasteiger partial charge in [-0.1, -0.05) is 58.4 Å². The Morgan fingerprint density at radius 1 is 0.818 bits per heavy atom. The van der Waals surface area contributed by atoms with E-state index in [1.54, 1.807) is 12.1 Å². The summed E-state index contributed by atoms with van der Waals surface area (Å²) in [5.41, 5.74) is 0.406. The predicted molar refractivity (Wildman–Crippen MR) is 87.8 cm³/mol. The van der Waals surface area contributed by atoms with Crippen LogP contribution in [0.15, 0.2) is 48.5 Å². The van der Waals surface area contributed by atoms with Gasteiger partial charge in [0.05, 0.1) is 5.56 Å². The smallest absolute Gasteiger partial charge is 0.166 e. The summed E-state index contributed by atoms with van der Waals surface area (Å²) in [6.45, 7) is 0. The predicted octanol–water partition coefficient (Wildman–Crippen LogP) is 6.50. The van der Waals surface area contributed by atoms with Crippen LogP contribution in [0.25, 0.3) is 32.3 Å². The standard InChI is InChI=1S/C18H10BrF3/c19-9-10-6-12-5-4-11-2-1-3-14-15(18(20,21)22)8-13(7-10)16(12)17(11)14/h1-8H,9H2. The Morgan fingerprint density at radius 2 is 1.55 bits per heavy atom. The zero-order valence-corrected chi connectivity index (χ0v) is 12.9. The van der Waals surface area contributed by atoms with E-state index in [1.165, 1.54) is 6.07 Å². The number of halogens is 4. The molecule has 4 heteroatoms. The molecule has 22 heavy (non-hydrogen) atoms. The zero-order chi connectivity index (χ0) is 15.5. The average molecular weight is 363 g/mol. The van der Waals surface area contributed by atoms with E-state index in [-0.39, 0.29) is 5.39 Å². The van der Waals surface area contributed by atoms with Crippen LogP contribution in [0, 0.1) is 0 Å². The van der Waals surface area contributed by atoms with Gasteiger partial charge in [-0.25, -0.2) is 0 Å². The maximum Gasteiger partial charge on any atom is 0.417 e. The molecular formula is C18H10BrF3. The van der Waals surface area contributed by atoms with E-state index < -0.39 is 11.7 Å². The quantitative estimate of drug-likeness (QED) is 0.268. The summed E-state index contributed by atoms with van der Waals surface area (Å²) in [6, 6.07) is 14.1. The highest BCUT2D eigenvalue weighted by molar-refractivity contribution is 9.08. The van der Waals surface area contributed by atoms with Crippen LogP contribution in [0.3, 0.4) is 0 Å². The lowest BCUT2D eigenvalue weighted by Gasteiger charge is -2.17. The van der Waals surface area contributed by atoms with E-state index in [0.29, 0.717) is 16.1 Å². The van der Waals surface area contributed by atoms with Gasteiger partial charge in [0.25, 0.3) is 0 Å². The normalized spacial score (nSPS) is 12.7. The van der Waals surface area contributed by atoms with Crippen molar-refractivity contribution in [1.82, 2.24) is 0 Å². The molecule has 0 radical (unpaired) electrons. The van der Waals surface area contributed by atoms with Gasteiger partial charge in [0.1, 0.15) is 0 Å². The van der Waals surface area contributed by atoms with Crippen LogP contribution in [-0.4, -0.2) is 0 Å². The lowest BCUT2D eigenvalue weighted by molar-refractivity contribution is -0.136. The van der Waals surface area contributed by atoms with E-state index in [9.17, 15) is 13.2 Å². The van der Waals surface area contributed by atoms with Gasteiger partial charge in [0, 0.05) is 5.33 Å². The Kier molecular flexibility index (Phi) is 2.89. The number of rotatable bonds is 1. The van der Waals surface area contributed by atoms with Crippen molar-refractivity contribution in [2.45, 2.75) is 11.5 Å². The molecular weight excluding hydrogens is 353 g/mol. The van der Waals surface area contributed by atoms with E-state index in [1.807, 2.05) is 30.3 Å². The summed E-state index contributed by atoms with van der Waals surface area (Å²) in [5.74, 6) is 0. The molecule has 0 N–H and O–H groups in total. The third-order valence-corrected chi connectivity index (χ3v) is 4.75. The molecule has 0 saturated carbocycles. The Labute approximate surface area is 133 Å². The maximum absolute atomic E-state index is 13.5. The molecule has 0 aliphatic rings. The van der Waals surface area contributed by atoms with E-state index in [2.05, 4.69) is 15.9 Å². The second-order valence-corrected chi connectivity index (χ2v) is 6.00. The van der Waals surface area contributed by atoms with Crippen LogP contribution in [-0.2, 0) is 11.5 Å². The van der Waals surface area contributed by atoms with Gasteiger partial charge >= 0.3 is 6.18 Å².